The smallest absolute Gasteiger partial charge is 0.138 e. The molecule has 0 saturated heterocycles. The average Bonchev–Trinajstić information content (AvgIpc) is 2.19. The summed E-state index contributed by atoms with van der Waals surface area (Å²) in [5, 5.41) is 0.977. The van der Waals surface area contributed by atoms with Crippen LogP contribution < -0.4 is 4.74 Å². The van der Waals surface area contributed by atoms with Gasteiger partial charge in [0.15, 0.2) is 0 Å². The zero-order valence-electron chi connectivity index (χ0n) is 8.04. The van der Waals surface area contributed by atoms with E-state index in [4.69, 9.17) is 4.74 Å². The van der Waals surface area contributed by atoms with Crippen molar-refractivity contribution in [3.05, 3.63) is 22.9 Å². The molecule has 4 heteroatoms. The minimum atomic E-state index is 0.564. The molecule has 0 fully saturated rings. The van der Waals surface area contributed by atoms with E-state index in [1.165, 1.54) is 0 Å². The van der Waals surface area contributed by atoms with E-state index in [1.807, 2.05) is 6.07 Å². The second-order valence-electron chi connectivity index (χ2n) is 3.08. The van der Waals surface area contributed by atoms with Crippen molar-refractivity contribution in [2.45, 2.75) is 13.3 Å². The van der Waals surface area contributed by atoms with E-state index in [2.05, 4.69) is 43.8 Å². The number of halogens is 2. The number of pyridine rings is 1. The molecule has 1 atom stereocenters. The van der Waals surface area contributed by atoms with Crippen LogP contribution in [-0.4, -0.2) is 16.9 Å². The fraction of sp³-hybridized carbons (Fsp3) is 0.500. The first-order chi connectivity index (χ1) is 6.76. The number of hydrogen-bond donors (Lipinski definition) is 0. The molecule has 0 aliphatic carbocycles. The summed E-state index contributed by atoms with van der Waals surface area (Å²) in [6.45, 7) is 2.90. The average molecular weight is 323 g/mol. The molecule has 0 aromatic carbocycles. The molecule has 78 valence electrons. The summed E-state index contributed by atoms with van der Waals surface area (Å²) in [4.78, 5) is 4.03. The van der Waals surface area contributed by atoms with E-state index in [1.54, 1.807) is 12.4 Å². The highest BCUT2D eigenvalue weighted by atomic mass is 79.9. The fourth-order valence-corrected chi connectivity index (χ4v) is 1.95. The Labute approximate surface area is 101 Å². The second-order valence-corrected chi connectivity index (χ2v) is 4.64. The van der Waals surface area contributed by atoms with Gasteiger partial charge < -0.3 is 4.74 Å². The van der Waals surface area contributed by atoms with Crippen LogP contribution in [0.5, 0.6) is 5.75 Å². The van der Waals surface area contributed by atoms with Crippen molar-refractivity contribution in [3.63, 3.8) is 0 Å². The van der Waals surface area contributed by atoms with Gasteiger partial charge in [-0.15, -0.1) is 0 Å². The highest BCUT2D eigenvalue weighted by Crippen LogP contribution is 2.17. The zero-order chi connectivity index (χ0) is 10.4. The van der Waals surface area contributed by atoms with Crippen molar-refractivity contribution < 1.29 is 4.74 Å². The number of aromatic nitrogens is 1. The molecule has 0 saturated carbocycles. The Kier molecular flexibility index (Phi) is 5.48. The first-order valence-electron chi connectivity index (χ1n) is 4.55. The van der Waals surface area contributed by atoms with Crippen LogP contribution in [0.2, 0.25) is 0 Å². The second kappa shape index (κ2) is 6.40. The van der Waals surface area contributed by atoms with Crippen molar-refractivity contribution in [3.8, 4) is 5.75 Å². The molecule has 1 unspecified atom stereocenters. The Hall–Kier alpha value is -0.0900. The van der Waals surface area contributed by atoms with Crippen molar-refractivity contribution in [2.75, 3.05) is 11.9 Å². The Morgan fingerprint density at radius 1 is 1.50 bits per heavy atom. The van der Waals surface area contributed by atoms with Crippen molar-refractivity contribution in [1.82, 2.24) is 4.98 Å². The molecule has 1 rings (SSSR count). The first-order valence-corrected chi connectivity index (χ1v) is 6.47. The summed E-state index contributed by atoms with van der Waals surface area (Å²) >= 11 is 6.81. The lowest BCUT2D eigenvalue weighted by Crippen LogP contribution is -2.12. The van der Waals surface area contributed by atoms with Crippen molar-refractivity contribution >= 4 is 31.9 Å². The molecule has 1 aromatic rings. The standard InChI is InChI=1S/C10H13Br2NO/c1-2-8(4-11)7-14-10-3-9(12)5-13-6-10/h3,5-6,8H,2,4,7H2,1H3. The quantitative estimate of drug-likeness (QED) is 0.772. The van der Waals surface area contributed by atoms with Crippen LogP contribution in [0.25, 0.3) is 0 Å². The molecule has 0 N–H and O–H groups in total. The lowest BCUT2D eigenvalue weighted by molar-refractivity contribution is 0.259. The van der Waals surface area contributed by atoms with E-state index >= 15 is 0 Å². The Bertz CT molecular complexity index is 277. The number of alkyl halides is 1. The summed E-state index contributed by atoms with van der Waals surface area (Å²) < 4.78 is 6.55. The Morgan fingerprint density at radius 2 is 2.29 bits per heavy atom. The van der Waals surface area contributed by atoms with E-state index in [0.717, 1.165) is 28.6 Å². The minimum absolute atomic E-state index is 0.564. The van der Waals surface area contributed by atoms with Gasteiger partial charge in [-0.05, 0) is 28.4 Å². The van der Waals surface area contributed by atoms with Gasteiger partial charge in [-0.25, -0.2) is 0 Å². The number of hydrogen-bond acceptors (Lipinski definition) is 2. The van der Waals surface area contributed by atoms with Gasteiger partial charge in [-0.1, -0.05) is 22.9 Å². The lowest BCUT2D eigenvalue weighted by Gasteiger charge is -2.12. The van der Waals surface area contributed by atoms with Crippen LogP contribution in [0.3, 0.4) is 0 Å². The number of ether oxygens (including phenoxy) is 1. The minimum Gasteiger partial charge on any atom is -0.492 e. The van der Waals surface area contributed by atoms with Gasteiger partial charge in [0.25, 0.3) is 0 Å². The highest BCUT2D eigenvalue weighted by molar-refractivity contribution is 9.10. The third-order valence-electron chi connectivity index (χ3n) is 1.96. The van der Waals surface area contributed by atoms with E-state index in [-0.39, 0.29) is 0 Å². The van der Waals surface area contributed by atoms with Gasteiger partial charge in [0.1, 0.15) is 5.75 Å². The van der Waals surface area contributed by atoms with E-state index in [0.29, 0.717) is 5.92 Å². The molecule has 1 heterocycles. The van der Waals surface area contributed by atoms with E-state index in [9.17, 15) is 0 Å². The molecule has 0 aliphatic heterocycles. The topological polar surface area (TPSA) is 22.1 Å². The van der Waals surface area contributed by atoms with E-state index < -0.39 is 0 Å². The summed E-state index contributed by atoms with van der Waals surface area (Å²) in [5.74, 6) is 1.38. The largest absolute Gasteiger partial charge is 0.492 e. The third-order valence-corrected chi connectivity index (χ3v) is 3.31. The maximum atomic E-state index is 5.61. The van der Waals surface area contributed by atoms with Gasteiger partial charge in [-0.3, -0.25) is 4.98 Å². The van der Waals surface area contributed by atoms with Crippen molar-refractivity contribution in [1.29, 1.82) is 0 Å². The maximum absolute atomic E-state index is 5.61. The normalized spacial score (nSPS) is 12.5. The molecular formula is C10H13Br2NO. The molecule has 0 amide bonds. The van der Waals surface area contributed by atoms with Gasteiger partial charge in [0, 0.05) is 21.9 Å². The molecule has 0 spiro atoms. The monoisotopic (exact) mass is 321 g/mol. The van der Waals surface area contributed by atoms with Crippen LogP contribution in [-0.2, 0) is 0 Å². The summed E-state index contributed by atoms with van der Waals surface area (Å²) in [6.07, 6.45) is 4.59. The summed E-state index contributed by atoms with van der Waals surface area (Å²) in [5.41, 5.74) is 0. The van der Waals surface area contributed by atoms with Crippen LogP contribution in [0.1, 0.15) is 13.3 Å². The molecule has 14 heavy (non-hydrogen) atoms. The van der Waals surface area contributed by atoms with Gasteiger partial charge in [0.2, 0.25) is 0 Å². The summed E-state index contributed by atoms with van der Waals surface area (Å²) in [6, 6.07) is 1.92. The van der Waals surface area contributed by atoms with Gasteiger partial charge >= 0.3 is 0 Å². The summed E-state index contributed by atoms with van der Waals surface area (Å²) in [7, 11) is 0. The number of rotatable bonds is 5. The first kappa shape index (κ1) is 12.0. The maximum Gasteiger partial charge on any atom is 0.138 e. The third kappa shape index (κ3) is 3.96. The van der Waals surface area contributed by atoms with Gasteiger partial charge in [-0.2, -0.15) is 0 Å². The predicted octanol–water partition coefficient (Wildman–Crippen LogP) is 3.64. The zero-order valence-corrected chi connectivity index (χ0v) is 11.2. The molecule has 0 bridgehead atoms. The Balaban J connectivity index is 2.44. The molecular weight excluding hydrogens is 310 g/mol. The van der Waals surface area contributed by atoms with Crippen LogP contribution in [0.15, 0.2) is 22.9 Å². The van der Waals surface area contributed by atoms with Crippen LogP contribution in [0, 0.1) is 5.92 Å². The van der Waals surface area contributed by atoms with Crippen LogP contribution >= 0.6 is 31.9 Å². The molecule has 0 radical (unpaired) electrons. The SMILES string of the molecule is CCC(CBr)COc1cncc(Br)c1. The highest BCUT2D eigenvalue weighted by Gasteiger charge is 2.05. The number of nitrogens with zero attached hydrogens (tertiary/aromatic N) is 1. The molecule has 0 aliphatic rings. The van der Waals surface area contributed by atoms with Crippen LogP contribution in [0.4, 0.5) is 0 Å². The molecule has 2 nitrogen and oxygen atoms in total. The fourth-order valence-electron chi connectivity index (χ4n) is 0.957. The Morgan fingerprint density at radius 3 is 2.86 bits per heavy atom. The predicted molar refractivity (Wildman–Crippen MR) is 65.0 cm³/mol. The lowest BCUT2D eigenvalue weighted by atomic mass is 10.1. The van der Waals surface area contributed by atoms with Crippen molar-refractivity contribution in [2.24, 2.45) is 5.92 Å². The molecule has 1 aromatic heterocycles. The van der Waals surface area contributed by atoms with Gasteiger partial charge in [0.05, 0.1) is 12.8 Å².